The van der Waals surface area contributed by atoms with Gasteiger partial charge in [-0.1, -0.05) is 48.5 Å². The van der Waals surface area contributed by atoms with E-state index in [1.54, 1.807) is 0 Å². The van der Waals surface area contributed by atoms with Gasteiger partial charge in [0.05, 0.1) is 0 Å². The normalized spacial score (nSPS) is 7.69. The Labute approximate surface area is 145 Å². The molecule has 0 heterocycles. The van der Waals surface area contributed by atoms with Gasteiger partial charge in [0.2, 0.25) is 0 Å². The summed E-state index contributed by atoms with van der Waals surface area (Å²) in [7, 11) is 0. The maximum absolute atomic E-state index is 2.12. The van der Waals surface area contributed by atoms with Crippen LogP contribution in [-0.4, -0.2) is 88.7 Å². The Balaban J connectivity index is 0. The monoisotopic (exact) mass is 200 g/mol. The maximum atomic E-state index is 2.12. The molecule has 13 heavy (non-hydrogen) atoms. The molecule has 0 aromatic heterocycles. The molecular formula is C10H11Na3. The molecule has 0 saturated carbocycles. The van der Waals surface area contributed by atoms with Gasteiger partial charge in [-0.15, -0.1) is 0 Å². The largest absolute Gasteiger partial charge is 0.0616 e. The van der Waals surface area contributed by atoms with Crippen LogP contribution in [-0.2, 0) is 0 Å². The molecular weight excluding hydrogens is 189 g/mol. The van der Waals surface area contributed by atoms with Gasteiger partial charge in [0.1, 0.15) is 0 Å². The smallest absolute Gasteiger partial charge is 0.0184 e. The second kappa shape index (κ2) is 8.96. The zero-order chi connectivity index (χ0) is 6.81. The number of hydrogen-bond acceptors (Lipinski definition) is 0. The summed E-state index contributed by atoms with van der Waals surface area (Å²) < 4.78 is 0. The first-order chi connectivity index (χ1) is 4.97. The fourth-order valence-electron chi connectivity index (χ4n) is 1.13. The van der Waals surface area contributed by atoms with E-state index in [1.807, 2.05) is 0 Å². The number of hydrogen-bond donors (Lipinski definition) is 0. The van der Waals surface area contributed by atoms with Crippen LogP contribution in [0.2, 0.25) is 0 Å². The van der Waals surface area contributed by atoms with Crippen molar-refractivity contribution in [1.82, 2.24) is 0 Å². The third kappa shape index (κ3) is 4.83. The number of benzene rings is 2. The van der Waals surface area contributed by atoms with E-state index in [-0.39, 0.29) is 88.7 Å². The van der Waals surface area contributed by atoms with E-state index >= 15 is 0 Å². The Kier molecular flexibility index (Phi) is 11.8. The van der Waals surface area contributed by atoms with E-state index in [2.05, 4.69) is 48.5 Å². The molecule has 0 unspecified atom stereocenters. The first kappa shape index (κ1) is 17.1. The molecule has 0 aliphatic rings. The van der Waals surface area contributed by atoms with Crippen LogP contribution >= 0.6 is 0 Å². The summed E-state index contributed by atoms with van der Waals surface area (Å²) in [5.74, 6) is 0. The summed E-state index contributed by atoms with van der Waals surface area (Å²) >= 11 is 0. The van der Waals surface area contributed by atoms with Crippen LogP contribution in [0.25, 0.3) is 10.8 Å². The minimum atomic E-state index is 0. The predicted octanol–water partition coefficient (Wildman–Crippen LogP) is 0.894. The molecule has 0 radical (unpaired) electrons. The van der Waals surface area contributed by atoms with Crippen LogP contribution in [0.3, 0.4) is 0 Å². The average Bonchev–Trinajstić information content (AvgIpc) is 2.05. The molecule has 0 aliphatic heterocycles. The van der Waals surface area contributed by atoms with E-state index < -0.39 is 0 Å². The van der Waals surface area contributed by atoms with Gasteiger partial charge in [0.25, 0.3) is 0 Å². The zero-order valence-corrected chi connectivity index (χ0v) is 5.62. The molecule has 0 N–H and O–H groups in total. The van der Waals surface area contributed by atoms with Gasteiger partial charge in [-0.2, -0.15) is 0 Å². The van der Waals surface area contributed by atoms with Crippen molar-refractivity contribution in [3.05, 3.63) is 48.5 Å². The fourth-order valence-corrected chi connectivity index (χ4v) is 1.13. The van der Waals surface area contributed by atoms with Gasteiger partial charge in [0, 0.05) is 0 Å². The van der Waals surface area contributed by atoms with Crippen molar-refractivity contribution in [3.8, 4) is 0 Å². The minimum Gasteiger partial charge on any atom is -0.0616 e. The quantitative estimate of drug-likeness (QED) is 0.554. The molecule has 3 heteroatoms. The Hall–Kier alpha value is 1.70. The molecule has 0 atom stereocenters. The van der Waals surface area contributed by atoms with Gasteiger partial charge < -0.3 is 0 Å². The second-order valence-electron chi connectivity index (χ2n) is 2.35. The van der Waals surface area contributed by atoms with Crippen LogP contribution in [0.15, 0.2) is 48.5 Å². The van der Waals surface area contributed by atoms with E-state index in [4.69, 9.17) is 0 Å². The zero-order valence-electron chi connectivity index (χ0n) is 5.62. The van der Waals surface area contributed by atoms with Crippen molar-refractivity contribution in [2.75, 3.05) is 0 Å². The van der Waals surface area contributed by atoms with Crippen molar-refractivity contribution in [2.24, 2.45) is 0 Å². The van der Waals surface area contributed by atoms with Gasteiger partial charge >= 0.3 is 88.7 Å². The Morgan fingerprint density at radius 1 is 0.462 bits per heavy atom. The van der Waals surface area contributed by atoms with Crippen molar-refractivity contribution in [3.63, 3.8) is 0 Å². The molecule has 0 aliphatic carbocycles. The molecule has 2 aromatic rings. The summed E-state index contributed by atoms with van der Waals surface area (Å²) in [4.78, 5) is 0. The second-order valence-corrected chi connectivity index (χ2v) is 2.35. The molecule has 0 spiro atoms. The van der Waals surface area contributed by atoms with Crippen LogP contribution in [0.4, 0.5) is 0 Å². The topological polar surface area (TPSA) is 0 Å². The Morgan fingerprint density at radius 3 is 0.923 bits per heavy atom. The summed E-state index contributed by atoms with van der Waals surface area (Å²) in [5, 5.41) is 2.62. The first-order valence-corrected chi connectivity index (χ1v) is 3.40. The summed E-state index contributed by atoms with van der Waals surface area (Å²) in [6.45, 7) is 0. The third-order valence-corrected chi connectivity index (χ3v) is 1.66. The molecule has 0 saturated heterocycles. The van der Waals surface area contributed by atoms with Crippen molar-refractivity contribution < 1.29 is 0 Å². The van der Waals surface area contributed by atoms with E-state index in [0.29, 0.717) is 0 Å². The van der Waals surface area contributed by atoms with Gasteiger partial charge in [-0.25, -0.2) is 0 Å². The van der Waals surface area contributed by atoms with E-state index in [0.717, 1.165) is 0 Å². The van der Waals surface area contributed by atoms with Gasteiger partial charge in [-0.05, 0) is 10.8 Å². The summed E-state index contributed by atoms with van der Waals surface area (Å²) in [6.07, 6.45) is 0. The van der Waals surface area contributed by atoms with Gasteiger partial charge in [-0.3, -0.25) is 0 Å². The van der Waals surface area contributed by atoms with Crippen molar-refractivity contribution in [2.45, 2.75) is 0 Å². The van der Waals surface area contributed by atoms with Crippen LogP contribution < -0.4 is 0 Å². The van der Waals surface area contributed by atoms with Crippen LogP contribution in [0.5, 0.6) is 0 Å². The molecule has 2 aromatic carbocycles. The molecule has 0 fully saturated rings. The summed E-state index contributed by atoms with van der Waals surface area (Å²) in [5.41, 5.74) is 0. The van der Waals surface area contributed by atoms with Crippen LogP contribution in [0.1, 0.15) is 0 Å². The fraction of sp³-hybridized carbons (Fsp3) is 0. The minimum absolute atomic E-state index is 0. The van der Waals surface area contributed by atoms with Crippen LogP contribution in [0, 0.1) is 0 Å². The van der Waals surface area contributed by atoms with Crippen molar-refractivity contribution in [1.29, 1.82) is 0 Å². The molecule has 2 rings (SSSR count). The molecule has 54 valence electrons. The maximum Gasteiger partial charge on any atom is -0.0184 e. The van der Waals surface area contributed by atoms with Crippen molar-refractivity contribution >= 4 is 99.4 Å². The average molecular weight is 200 g/mol. The number of rotatable bonds is 0. The Morgan fingerprint density at radius 2 is 0.692 bits per heavy atom. The van der Waals surface area contributed by atoms with E-state index in [1.165, 1.54) is 10.8 Å². The number of fused-ring (bicyclic) bond motifs is 1. The molecule has 0 bridgehead atoms. The van der Waals surface area contributed by atoms with Gasteiger partial charge in [0.15, 0.2) is 0 Å². The Bertz CT molecular complexity index is 281. The predicted molar refractivity (Wildman–Crippen MR) is 65.4 cm³/mol. The van der Waals surface area contributed by atoms with E-state index in [9.17, 15) is 0 Å². The summed E-state index contributed by atoms with van der Waals surface area (Å²) in [6, 6.07) is 16.7. The third-order valence-electron chi connectivity index (χ3n) is 1.66. The molecule has 0 amide bonds. The standard InChI is InChI=1S/C10H8.3Na.3H/c1-2-6-10-8-4-3-7-9(10)5-1;;;;;;/h1-8H;;;;;;. The first-order valence-electron chi connectivity index (χ1n) is 3.40. The SMILES string of the molecule is [NaH].[NaH].[NaH].c1ccc2ccccc2c1. The molecule has 0 nitrogen and oxygen atoms in total.